The number of aryl methyl sites for hydroxylation is 4. The smallest absolute Gasteiger partial charge is 0.126 e. The Bertz CT molecular complexity index is 1960. The van der Waals surface area contributed by atoms with E-state index in [1.165, 1.54) is 105 Å². The molecule has 0 amide bonds. The lowest BCUT2D eigenvalue weighted by Gasteiger charge is -2.41. The maximum Gasteiger partial charge on any atom is 0.126 e. The molecule has 4 aromatic rings. The first kappa shape index (κ1) is 40.4. The van der Waals surface area contributed by atoms with Crippen molar-refractivity contribution in [2.24, 2.45) is 0 Å². The molecule has 4 atom stereocenters. The van der Waals surface area contributed by atoms with Crippen LogP contribution >= 0.6 is 31.9 Å². The van der Waals surface area contributed by atoms with Crippen LogP contribution in [-0.2, 0) is 38.5 Å². The second-order valence-electron chi connectivity index (χ2n) is 17.9. The van der Waals surface area contributed by atoms with Crippen molar-refractivity contribution in [3.8, 4) is 23.0 Å². The second kappa shape index (κ2) is 18.3. The van der Waals surface area contributed by atoms with Crippen molar-refractivity contribution in [3.05, 3.63) is 115 Å². The van der Waals surface area contributed by atoms with E-state index >= 15 is 0 Å². The molecule has 0 saturated heterocycles. The van der Waals surface area contributed by atoms with E-state index in [1.807, 2.05) is 14.2 Å². The van der Waals surface area contributed by atoms with Crippen molar-refractivity contribution in [3.63, 3.8) is 0 Å². The highest BCUT2D eigenvalue weighted by Gasteiger charge is 2.41. The van der Waals surface area contributed by atoms with Gasteiger partial charge in [-0.05, 0) is 180 Å². The number of benzene rings is 4. The van der Waals surface area contributed by atoms with Gasteiger partial charge in [0.15, 0.2) is 0 Å². The first-order valence-electron chi connectivity index (χ1n) is 22.6. The third kappa shape index (κ3) is 8.12. The summed E-state index contributed by atoms with van der Waals surface area (Å²) in [5.41, 5.74) is 16.7. The molecule has 5 aliphatic rings. The fourth-order valence-corrected chi connectivity index (χ4v) is 11.7. The van der Waals surface area contributed by atoms with Crippen LogP contribution in [0.25, 0.3) is 0 Å². The third-order valence-electron chi connectivity index (χ3n) is 14.2. The number of methoxy groups -OCH3 is 2. The molecule has 0 unspecified atom stereocenters. The Labute approximate surface area is 364 Å². The predicted octanol–water partition coefficient (Wildman–Crippen LogP) is 13.4. The molecule has 0 aromatic heterocycles. The summed E-state index contributed by atoms with van der Waals surface area (Å²) in [6.45, 7) is 1.41. The van der Waals surface area contributed by atoms with E-state index < -0.39 is 0 Å². The maximum absolute atomic E-state index is 7.02. The van der Waals surface area contributed by atoms with Gasteiger partial charge in [0.1, 0.15) is 23.0 Å². The Morgan fingerprint density at radius 1 is 0.431 bits per heavy atom. The predicted molar refractivity (Wildman–Crippen MR) is 244 cm³/mol. The van der Waals surface area contributed by atoms with Gasteiger partial charge in [0.05, 0.1) is 27.4 Å². The Kier molecular flexibility index (Phi) is 12.8. The fourth-order valence-electron chi connectivity index (χ4n) is 11.2. The molecule has 2 saturated carbocycles. The van der Waals surface area contributed by atoms with E-state index in [0.717, 1.165) is 111 Å². The van der Waals surface area contributed by atoms with Gasteiger partial charge in [0.25, 0.3) is 0 Å². The highest BCUT2D eigenvalue weighted by Crippen LogP contribution is 2.58. The molecule has 5 aliphatic carbocycles. The zero-order valence-corrected chi connectivity index (χ0v) is 38.0. The van der Waals surface area contributed by atoms with Crippen molar-refractivity contribution in [1.29, 1.82) is 0 Å². The van der Waals surface area contributed by atoms with Crippen LogP contribution in [0.4, 0.5) is 0 Å². The quantitative estimate of drug-likeness (QED) is 0.117. The Hall–Kier alpha value is -2.96. The molecular formula is C52H62Br2O4. The Morgan fingerprint density at radius 3 is 1.03 bits per heavy atom. The van der Waals surface area contributed by atoms with Gasteiger partial charge in [0, 0.05) is 23.5 Å². The minimum absolute atomic E-state index is 0.376. The average Bonchev–Trinajstić information content (AvgIpc) is 3.18. The zero-order chi connectivity index (χ0) is 39.6. The van der Waals surface area contributed by atoms with Gasteiger partial charge in [-0.25, -0.2) is 0 Å². The number of hydrogen-bond acceptors (Lipinski definition) is 4. The molecule has 12 bridgehead atoms. The number of fused-ring (bicyclic) bond motifs is 8. The summed E-state index contributed by atoms with van der Waals surface area (Å²) in [6, 6.07) is 20.2. The second-order valence-corrected chi connectivity index (χ2v) is 19.5. The van der Waals surface area contributed by atoms with Gasteiger partial charge in [-0.3, -0.25) is 0 Å². The maximum atomic E-state index is 7.02. The van der Waals surface area contributed by atoms with E-state index in [4.69, 9.17) is 18.9 Å². The summed E-state index contributed by atoms with van der Waals surface area (Å²) in [6.07, 6.45) is 19.9. The zero-order valence-electron chi connectivity index (χ0n) is 34.9. The molecule has 0 N–H and O–H groups in total. The lowest BCUT2D eigenvalue weighted by atomic mass is 9.64. The molecule has 0 spiro atoms. The highest BCUT2D eigenvalue weighted by atomic mass is 79.9. The van der Waals surface area contributed by atoms with Crippen LogP contribution in [0.5, 0.6) is 23.0 Å². The van der Waals surface area contributed by atoms with Gasteiger partial charge >= 0.3 is 0 Å². The summed E-state index contributed by atoms with van der Waals surface area (Å²) >= 11 is 7.40. The SMILES string of the molecule is COc1c2cc3cc1[C@H]1CC[C@H]1c1cc(cc(c1OCCCBr)Cc1cc4cc(c1OC)[C@H]1CC[C@H]1c1cc(cc(c1OCCCBr)C2)CCCCC4)CCCCC3. The van der Waals surface area contributed by atoms with Crippen LogP contribution < -0.4 is 18.9 Å². The van der Waals surface area contributed by atoms with Crippen LogP contribution in [0.15, 0.2) is 48.5 Å². The normalized spacial score (nSPS) is 22.1. The van der Waals surface area contributed by atoms with Crippen molar-refractivity contribution in [2.75, 3.05) is 38.1 Å². The summed E-state index contributed by atoms with van der Waals surface area (Å²) in [7, 11) is 3.82. The molecule has 9 rings (SSSR count). The topological polar surface area (TPSA) is 36.9 Å². The number of hydrogen-bond donors (Lipinski definition) is 0. The highest BCUT2D eigenvalue weighted by molar-refractivity contribution is 9.09. The molecule has 6 heteroatoms. The average molecular weight is 911 g/mol. The van der Waals surface area contributed by atoms with E-state index in [9.17, 15) is 0 Å². The molecule has 58 heavy (non-hydrogen) atoms. The van der Waals surface area contributed by atoms with Gasteiger partial charge in [-0.2, -0.15) is 0 Å². The van der Waals surface area contributed by atoms with Crippen LogP contribution in [0.2, 0.25) is 0 Å². The standard InChI is InChI=1S/C52H62Br2O4/c1-55-49-37-23-33-11-5-3-7-14-36-26-40(52(58-22-10-20-54)47(29-36)43-17-15-41(43)45(49)27-33)32-38-24-34-12-6-4-8-13-35-25-39(31-37)51(57-21-9-19-53)48(30-35)44-18-16-42(44)46(28-34)50(38)56-2/h23-30,41-44H,3-22,31-32H2,1-2H3/t41-,42-,43+,44+/m0/s1. The first-order chi connectivity index (χ1) is 28.6. The van der Waals surface area contributed by atoms with Gasteiger partial charge in [-0.1, -0.05) is 93.2 Å². The number of ether oxygens (including phenoxy) is 4. The van der Waals surface area contributed by atoms with Crippen molar-refractivity contribution >= 4 is 31.9 Å². The van der Waals surface area contributed by atoms with Crippen LogP contribution in [-0.4, -0.2) is 38.1 Å². The summed E-state index contributed by atoms with van der Waals surface area (Å²) in [5.74, 6) is 5.93. The van der Waals surface area contributed by atoms with Crippen LogP contribution in [0.3, 0.4) is 0 Å². The van der Waals surface area contributed by atoms with E-state index in [-0.39, 0.29) is 0 Å². The van der Waals surface area contributed by atoms with Crippen molar-refractivity contribution < 1.29 is 18.9 Å². The van der Waals surface area contributed by atoms with Crippen molar-refractivity contribution in [2.45, 2.75) is 139 Å². The molecule has 0 heterocycles. The number of alkyl halides is 2. The molecule has 0 radical (unpaired) electrons. The largest absolute Gasteiger partial charge is 0.496 e. The molecular weight excluding hydrogens is 848 g/mol. The summed E-state index contributed by atoms with van der Waals surface area (Å²) in [4.78, 5) is 0. The fraction of sp³-hybridized carbons (Fsp3) is 0.538. The molecule has 308 valence electrons. The lowest BCUT2D eigenvalue weighted by molar-refractivity contribution is 0.285. The minimum Gasteiger partial charge on any atom is -0.496 e. The molecule has 4 nitrogen and oxygen atoms in total. The molecule has 2 fully saturated rings. The van der Waals surface area contributed by atoms with Gasteiger partial charge in [-0.15, -0.1) is 0 Å². The number of rotatable bonds is 10. The van der Waals surface area contributed by atoms with E-state index in [0.29, 0.717) is 36.9 Å². The monoisotopic (exact) mass is 908 g/mol. The van der Waals surface area contributed by atoms with Crippen LogP contribution in [0.1, 0.15) is 167 Å². The van der Waals surface area contributed by atoms with Crippen molar-refractivity contribution in [1.82, 2.24) is 0 Å². The summed E-state index contributed by atoms with van der Waals surface area (Å²) < 4.78 is 27.3. The number of halogens is 2. The minimum atomic E-state index is 0.376. The molecule has 4 aromatic carbocycles. The van der Waals surface area contributed by atoms with Crippen LogP contribution in [0, 0.1) is 0 Å². The lowest BCUT2D eigenvalue weighted by Crippen LogP contribution is -2.25. The molecule has 0 aliphatic heterocycles. The summed E-state index contributed by atoms with van der Waals surface area (Å²) in [5, 5.41) is 1.87. The first-order valence-corrected chi connectivity index (χ1v) is 24.9. The van der Waals surface area contributed by atoms with Gasteiger partial charge < -0.3 is 18.9 Å². The Morgan fingerprint density at radius 2 is 0.741 bits per heavy atom. The van der Waals surface area contributed by atoms with E-state index in [1.54, 1.807) is 0 Å². The Balaban J connectivity index is 1.33. The third-order valence-corrected chi connectivity index (χ3v) is 15.4. The van der Waals surface area contributed by atoms with Gasteiger partial charge in [0.2, 0.25) is 0 Å². The van der Waals surface area contributed by atoms with E-state index in [2.05, 4.69) is 80.4 Å².